The van der Waals surface area contributed by atoms with Gasteiger partial charge in [-0.25, -0.2) is 4.39 Å². The Morgan fingerprint density at radius 2 is 1.83 bits per heavy atom. The van der Waals surface area contributed by atoms with Crippen LogP contribution in [-0.4, -0.2) is 37.2 Å². The standard InChI is InChI=1S/C16H24ClFN2O2S/c1-12-7-9-13(10-8-12)20(3)23(21,22)19(2)11-14-15(17)5-4-6-16(14)18/h4-6,12-13H,7-11H2,1-3H3. The van der Waals surface area contributed by atoms with Gasteiger partial charge in [-0.15, -0.1) is 0 Å². The van der Waals surface area contributed by atoms with Crippen LogP contribution in [0.5, 0.6) is 0 Å². The highest BCUT2D eigenvalue weighted by Gasteiger charge is 2.32. The zero-order chi connectivity index (χ0) is 17.2. The molecule has 0 N–H and O–H groups in total. The van der Waals surface area contributed by atoms with E-state index in [-0.39, 0.29) is 23.2 Å². The summed E-state index contributed by atoms with van der Waals surface area (Å²) in [5.41, 5.74) is 0.200. The fraction of sp³-hybridized carbons (Fsp3) is 0.625. The van der Waals surface area contributed by atoms with E-state index in [1.54, 1.807) is 13.1 Å². The van der Waals surface area contributed by atoms with Crippen molar-refractivity contribution in [2.75, 3.05) is 14.1 Å². The van der Waals surface area contributed by atoms with E-state index in [9.17, 15) is 12.8 Å². The van der Waals surface area contributed by atoms with Crippen molar-refractivity contribution < 1.29 is 12.8 Å². The van der Waals surface area contributed by atoms with E-state index < -0.39 is 16.0 Å². The van der Waals surface area contributed by atoms with Crippen LogP contribution < -0.4 is 0 Å². The molecule has 1 aliphatic carbocycles. The number of halogens is 2. The second kappa shape index (κ2) is 7.47. The van der Waals surface area contributed by atoms with Crippen molar-refractivity contribution in [3.8, 4) is 0 Å². The predicted octanol–water partition coefficient (Wildman–Crippen LogP) is 3.67. The fourth-order valence-electron chi connectivity index (χ4n) is 3.00. The molecule has 0 amide bonds. The Balaban J connectivity index is 2.12. The van der Waals surface area contributed by atoms with Crippen LogP contribution >= 0.6 is 11.6 Å². The van der Waals surface area contributed by atoms with Gasteiger partial charge in [-0.1, -0.05) is 24.6 Å². The molecular weight excluding hydrogens is 339 g/mol. The molecular formula is C16H24ClFN2O2S. The van der Waals surface area contributed by atoms with Gasteiger partial charge in [0.05, 0.1) is 0 Å². The van der Waals surface area contributed by atoms with Crippen LogP contribution in [0.4, 0.5) is 4.39 Å². The van der Waals surface area contributed by atoms with E-state index in [1.165, 1.54) is 23.5 Å². The van der Waals surface area contributed by atoms with Gasteiger partial charge in [0.2, 0.25) is 0 Å². The quantitative estimate of drug-likeness (QED) is 0.801. The topological polar surface area (TPSA) is 40.6 Å². The van der Waals surface area contributed by atoms with E-state index in [0.29, 0.717) is 5.92 Å². The molecule has 0 aliphatic heterocycles. The van der Waals surface area contributed by atoms with Crippen LogP contribution in [0.2, 0.25) is 5.02 Å². The van der Waals surface area contributed by atoms with Crippen molar-refractivity contribution in [2.45, 2.75) is 45.2 Å². The highest BCUT2D eigenvalue weighted by molar-refractivity contribution is 7.86. The van der Waals surface area contributed by atoms with Crippen LogP contribution in [0, 0.1) is 11.7 Å². The third-order valence-electron chi connectivity index (χ3n) is 4.70. The Kier molecular flexibility index (Phi) is 6.05. The molecule has 0 radical (unpaired) electrons. The van der Waals surface area contributed by atoms with Crippen molar-refractivity contribution in [1.29, 1.82) is 0 Å². The molecule has 23 heavy (non-hydrogen) atoms. The Hall–Kier alpha value is -0.690. The molecule has 0 spiro atoms. The first kappa shape index (κ1) is 18.6. The third-order valence-corrected chi connectivity index (χ3v) is 7.00. The summed E-state index contributed by atoms with van der Waals surface area (Å²) in [6, 6.07) is 4.36. The van der Waals surface area contributed by atoms with Crippen LogP contribution in [0.25, 0.3) is 0 Å². The SMILES string of the molecule is CC1CCC(N(C)S(=O)(=O)N(C)Cc2c(F)cccc2Cl)CC1. The minimum absolute atomic E-state index is 0.00902. The molecule has 0 atom stereocenters. The van der Waals surface area contributed by atoms with Crippen molar-refractivity contribution in [3.05, 3.63) is 34.6 Å². The molecule has 0 bridgehead atoms. The molecule has 0 heterocycles. The highest BCUT2D eigenvalue weighted by Crippen LogP contribution is 2.29. The van der Waals surface area contributed by atoms with Crippen molar-refractivity contribution in [1.82, 2.24) is 8.61 Å². The summed E-state index contributed by atoms with van der Waals surface area (Å²) in [5.74, 6) is 0.158. The minimum atomic E-state index is -3.65. The van der Waals surface area contributed by atoms with Gasteiger partial charge in [-0.05, 0) is 43.7 Å². The molecule has 1 aromatic carbocycles. The molecule has 4 nitrogen and oxygen atoms in total. The Morgan fingerprint density at radius 3 is 2.39 bits per heavy atom. The van der Waals surface area contributed by atoms with E-state index >= 15 is 0 Å². The number of nitrogens with zero attached hydrogens (tertiary/aromatic N) is 2. The first-order valence-corrected chi connectivity index (χ1v) is 9.63. The molecule has 0 aromatic heterocycles. The summed E-state index contributed by atoms with van der Waals surface area (Å²) in [4.78, 5) is 0. The second-order valence-corrected chi connectivity index (χ2v) is 8.90. The maximum Gasteiger partial charge on any atom is 0.282 e. The van der Waals surface area contributed by atoms with E-state index in [1.807, 2.05) is 0 Å². The number of benzene rings is 1. The summed E-state index contributed by atoms with van der Waals surface area (Å²) in [6.07, 6.45) is 3.80. The number of rotatable bonds is 5. The van der Waals surface area contributed by atoms with Gasteiger partial charge in [0.25, 0.3) is 10.2 Å². The van der Waals surface area contributed by atoms with Gasteiger partial charge >= 0.3 is 0 Å². The van der Waals surface area contributed by atoms with E-state index in [2.05, 4.69) is 6.92 Å². The highest BCUT2D eigenvalue weighted by atomic mass is 35.5. The lowest BCUT2D eigenvalue weighted by Gasteiger charge is -2.35. The maximum absolute atomic E-state index is 13.9. The van der Waals surface area contributed by atoms with Gasteiger partial charge in [0.1, 0.15) is 5.82 Å². The lowest BCUT2D eigenvalue weighted by Crippen LogP contribution is -2.46. The minimum Gasteiger partial charge on any atom is -0.207 e. The van der Waals surface area contributed by atoms with Crippen LogP contribution in [0.1, 0.15) is 38.2 Å². The lowest BCUT2D eigenvalue weighted by atomic mass is 9.87. The number of hydrogen-bond acceptors (Lipinski definition) is 2. The molecule has 0 unspecified atom stereocenters. The average Bonchev–Trinajstić information content (AvgIpc) is 2.50. The number of hydrogen-bond donors (Lipinski definition) is 0. The molecule has 0 saturated heterocycles. The predicted molar refractivity (Wildman–Crippen MR) is 91.0 cm³/mol. The van der Waals surface area contributed by atoms with Gasteiger partial charge in [0.15, 0.2) is 0 Å². The maximum atomic E-state index is 13.9. The van der Waals surface area contributed by atoms with Gasteiger partial charge in [-0.3, -0.25) is 0 Å². The summed E-state index contributed by atoms with van der Waals surface area (Å²) >= 11 is 5.99. The Labute approximate surface area is 143 Å². The molecule has 1 aliphatic rings. The fourth-order valence-corrected chi connectivity index (χ4v) is 4.54. The van der Waals surface area contributed by atoms with E-state index in [0.717, 1.165) is 30.0 Å². The zero-order valence-electron chi connectivity index (χ0n) is 13.8. The first-order valence-electron chi connectivity index (χ1n) is 7.85. The second-order valence-electron chi connectivity index (χ2n) is 6.39. The lowest BCUT2D eigenvalue weighted by molar-refractivity contribution is 0.234. The molecule has 2 rings (SSSR count). The largest absolute Gasteiger partial charge is 0.282 e. The van der Waals surface area contributed by atoms with Crippen molar-refractivity contribution >= 4 is 21.8 Å². The van der Waals surface area contributed by atoms with Crippen LogP contribution in [0.3, 0.4) is 0 Å². The Bertz CT molecular complexity index is 625. The molecule has 7 heteroatoms. The zero-order valence-corrected chi connectivity index (χ0v) is 15.4. The Morgan fingerprint density at radius 1 is 1.22 bits per heavy atom. The molecule has 1 fully saturated rings. The smallest absolute Gasteiger partial charge is 0.207 e. The summed E-state index contributed by atoms with van der Waals surface area (Å²) in [5, 5.41) is 0.237. The summed E-state index contributed by atoms with van der Waals surface area (Å²) in [6.45, 7) is 2.11. The summed E-state index contributed by atoms with van der Waals surface area (Å²) < 4.78 is 41.9. The molecule has 1 saturated carbocycles. The average molecular weight is 363 g/mol. The molecule has 130 valence electrons. The van der Waals surface area contributed by atoms with Gasteiger partial charge in [0, 0.05) is 37.3 Å². The van der Waals surface area contributed by atoms with E-state index in [4.69, 9.17) is 11.6 Å². The van der Waals surface area contributed by atoms with Crippen molar-refractivity contribution in [2.24, 2.45) is 5.92 Å². The first-order chi connectivity index (χ1) is 10.7. The van der Waals surface area contributed by atoms with Gasteiger partial charge < -0.3 is 0 Å². The van der Waals surface area contributed by atoms with Gasteiger partial charge in [-0.2, -0.15) is 17.0 Å². The molecule has 1 aromatic rings. The van der Waals surface area contributed by atoms with Crippen molar-refractivity contribution in [3.63, 3.8) is 0 Å². The summed E-state index contributed by atoms with van der Waals surface area (Å²) in [7, 11) is -0.581. The normalized spacial score (nSPS) is 22.7. The van der Waals surface area contributed by atoms with Crippen LogP contribution in [0.15, 0.2) is 18.2 Å². The third kappa shape index (κ3) is 4.24. The van der Waals surface area contributed by atoms with Crippen LogP contribution in [-0.2, 0) is 16.8 Å². The monoisotopic (exact) mass is 362 g/mol.